The van der Waals surface area contributed by atoms with E-state index >= 15 is 0 Å². The monoisotopic (exact) mass is 395 g/mol. The van der Waals surface area contributed by atoms with Crippen molar-refractivity contribution >= 4 is 39.0 Å². The van der Waals surface area contributed by atoms with Gasteiger partial charge in [0.15, 0.2) is 0 Å². The number of amides is 1. The summed E-state index contributed by atoms with van der Waals surface area (Å²) in [6.07, 6.45) is 1.65. The second-order valence-electron chi connectivity index (χ2n) is 7.35. The molecule has 1 amide bonds. The van der Waals surface area contributed by atoms with Gasteiger partial charge in [0.05, 0.1) is 11.9 Å². The molecule has 7 heteroatoms. The molecule has 1 N–H and O–H groups in total. The van der Waals surface area contributed by atoms with Crippen molar-refractivity contribution < 1.29 is 4.79 Å². The summed E-state index contributed by atoms with van der Waals surface area (Å²) in [5.74, 6) is 1.05. The van der Waals surface area contributed by atoms with Gasteiger partial charge in [0.2, 0.25) is 5.91 Å². The van der Waals surface area contributed by atoms with Crippen LogP contribution in [0, 0.1) is 20.8 Å². The smallest absolute Gasteiger partial charge is 0.238 e. The van der Waals surface area contributed by atoms with Crippen LogP contribution in [0.1, 0.15) is 16.0 Å². The first-order valence-electron chi connectivity index (χ1n) is 9.56. The molecule has 0 bridgehead atoms. The molecule has 0 radical (unpaired) electrons. The van der Waals surface area contributed by atoms with E-state index in [9.17, 15) is 4.79 Å². The molecule has 3 heterocycles. The first-order valence-corrected chi connectivity index (χ1v) is 10.4. The zero-order chi connectivity index (χ0) is 19.7. The van der Waals surface area contributed by atoms with Crippen molar-refractivity contribution in [1.82, 2.24) is 14.9 Å². The number of nitrogens with one attached hydrogen (secondary N) is 1. The number of hydrogen-bond donors (Lipinski definition) is 1. The molecule has 1 aromatic carbocycles. The number of rotatable bonds is 4. The Morgan fingerprint density at radius 2 is 1.82 bits per heavy atom. The number of aromatic nitrogens is 2. The summed E-state index contributed by atoms with van der Waals surface area (Å²) < 4.78 is 0. The van der Waals surface area contributed by atoms with Crippen LogP contribution < -0.4 is 10.2 Å². The maximum atomic E-state index is 12.5. The Morgan fingerprint density at radius 3 is 2.54 bits per heavy atom. The molecule has 0 atom stereocenters. The van der Waals surface area contributed by atoms with Gasteiger partial charge in [-0.25, -0.2) is 9.97 Å². The average molecular weight is 396 g/mol. The van der Waals surface area contributed by atoms with E-state index in [1.165, 1.54) is 4.88 Å². The highest BCUT2D eigenvalue weighted by Crippen LogP contribution is 2.30. The predicted octanol–water partition coefficient (Wildman–Crippen LogP) is 3.38. The first kappa shape index (κ1) is 18.8. The van der Waals surface area contributed by atoms with Gasteiger partial charge in [-0.2, -0.15) is 0 Å². The van der Waals surface area contributed by atoms with Crippen LogP contribution in [0.3, 0.4) is 0 Å². The van der Waals surface area contributed by atoms with Crippen LogP contribution in [-0.2, 0) is 4.79 Å². The van der Waals surface area contributed by atoms with Gasteiger partial charge in [0.1, 0.15) is 17.0 Å². The van der Waals surface area contributed by atoms with Crippen molar-refractivity contribution in [2.45, 2.75) is 20.8 Å². The number of anilines is 2. The molecule has 0 unspecified atom stereocenters. The maximum absolute atomic E-state index is 12.5. The number of thiophene rings is 1. The Bertz CT molecular complexity index is 987. The largest absolute Gasteiger partial charge is 0.353 e. The zero-order valence-electron chi connectivity index (χ0n) is 16.5. The Hall–Kier alpha value is -2.51. The van der Waals surface area contributed by atoms with Crippen molar-refractivity contribution in [3.63, 3.8) is 0 Å². The number of carbonyl (C=O) groups is 1. The van der Waals surface area contributed by atoms with Crippen molar-refractivity contribution in [2.75, 3.05) is 42.9 Å². The van der Waals surface area contributed by atoms with E-state index in [0.717, 1.165) is 59.0 Å². The number of fused-ring (bicyclic) bond motifs is 1. The number of carbonyl (C=O) groups excluding carboxylic acids is 1. The normalized spacial score (nSPS) is 15.2. The van der Waals surface area contributed by atoms with Crippen molar-refractivity contribution in [2.24, 2.45) is 0 Å². The number of nitrogens with zero attached hydrogens (tertiary/aromatic N) is 4. The lowest BCUT2D eigenvalue weighted by atomic mass is 10.1. The van der Waals surface area contributed by atoms with Gasteiger partial charge in [-0.15, -0.1) is 11.3 Å². The molecule has 1 aliphatic rings. The summed E-state index contributed by atoms with van der Waals surface area (Å²) in [6.45, 7) is 9.96. The highest BCUT2D eigenvalue weighted by Gasteiger charge is 2.22. The second kappa shape index (κ2) is 7.85. The van der Waals surface area contributed by atoms with Gasteiger partial charge in [-0.05, 0) is 38.0 Å². The Kier molecular flexibility index (Phi) is 5.28. The van der Waals surface area contributed by atoms with Crippen molar-refractivity contribution in [3.8, 4) is 0 Å². The van der Waals surface area contributed by atoms with Crippen LogP contribution in [-0.4, -0.2) is 53.5 Å². The average Bonchev–Trinajstić information content (AvgIpc) is 3.06. The van der Waals surface area contributed by atoms with E-state index in [0.29, 0.717) is 6.54 Å². The number of benzene rings is 1. The van der Waals surface area contributed by atoms with Gasteiger partial charge >= 0.3 is 0 Å². The summed E-state index contributed by atoms with van der Waals surface area (Å²) in [4.78, 5) is 28.2. The number of hydrogen-bond acceptors (Lipinski definition) is 6. The van der Waals surface area contributed by atoms with Gasteiger partial charge < -0.3 is 10.2 Å². The molecule has 3 aromatic rings. The fourth-order valence-electron chi connectivity index (χ4n) is 3.73. The van der Waals surface area contributed by atoms with Crippen molar-refractivity contribution in [1.29, 1.82) is 0 Å². The maximum Gasteiger partial charge on any atom is 0.238 e. The van der Waals surface area contributed by atoms with E-state index in [-0.39, 0.29) is 5.91 Å². The standard InChI is InChI=1S/C21H25N5OS/c1-14-5-4-6-15(2)19(14)24-18(27)12-25-7-9-26(10-8-25)20-17-11-16(3)28-21(17)23-13-22-20/h4-6,11,13H,7-10,12H2,1-3H3,(H,24,27). The van der Waals surface area contributed by atoms with Crippen LogP contribution in [0.5, 0.6) is 0 Å². The molecule has 1 fully saturated rings. The highest BCUT2D eigenvalue weighted by atomic mass is 32.1. The molecular weight excluding hydrogens is 370 g/mol. The van der Waals surface area contributed by atoms with Crippen LogP contribution in [0.2, 0.25) is 0 Å². The van der Waals surface area contributed by atoms with Crippen LogP contribution in [0.15, 0.2) is 30.6 Å². The van der Waals surface area contributed by atoms with E-state index in [1.54, 1.807) is 17.7 Å². The molecule has 6 nitrogen and oxygen atoms in total. The van der Waals surface area contributed by atoms with E-state index in [4.69, 9.17) is 0 Å². The van der Waals surface area contributed by atoms with Gasteiger partial charge in [-0.1, -0.05) is 18.2 Å². The topological polar surface area (TPSA) is 61.4 Å². The van der Waals surface area contributed by atoms with Crippen LogP contribution >= 0.6 is 11.3 Å². The van der Waals surface area contributed by atoms with Gasteiger partial charge in [0.25, 0.3) is 0 Å². The molecule has 1 aliphatic heterocycles. The fraction of sp³-hybridized carbons (Fsp3) is 0.381. The molecular formula is C21H25N5OS. The van der Waals surface area contributed by atoms with Crippen LogP contribution in [0.4, 0.5) is 11.5 Å². The number of para-hydroxylation sites is 1. The summed E-state index contributed by atoms with van der Waals surface area (Å²) in [5, 5.41) is 4.21. The SMILES string of the molecule is Cc1cc2c(N3CCN(CC(=O)Nc4c(C)cccc4C)CC3)ncnc2s1. The van der Waals surface area contributed by atoms with E-state index in [1.807, 2.05) is 32.0 Å². The Balaban J connectivity index is 1.37. The molecule has 146 valence electrons. The Labute approximate surface area is 169 Å². The lowest BCUT2D eigenvalue weighted by molar-refractivity contribution is -0.117. The predicted molar refractivity (Wildman–Crippen MR) is 115 cm³/mol. The zero-order valence-corrected chi connectivity index (χ0v) is 17.3. The molecule has 0 saturated carbocycles. The third-order valence-corrected chi connectivity index (χ3v) is 6.17. The van der Waals surface area contributed by atoms with Crippen molar-refractivity contribution in [3.05, 3.63) is 46.6 Å². The minimum absolute atomic E-state index is 0.0451. The van der Waals surface area contributed by atoms with Gasteiger partial charge in [0, 0.05) is 36.7 Å². The lowest BCUT2D eigenvalue weighted by Gasteiger charge is -2.35. The quantitative estimate of drug-likeness (QED) is 0.734. The third-order valence-electron chi connectivity index (χ3n) is 5.22. The van der Waals surface area contributed by atoms with E-state index < -0.39 is 0 Å². The first-order chi connectivity index (χ1) is 13.5. The molecule has 1 saturated heterocycles. The van der Waals surface area contributed by atoms with Crippen LogP contribution in [0.25, 0.3) is 10.2 Å². The molecule has 28 heavy (non-hydrogen) atoms. The summed E-state index contributed by atoms with van der Waals surface area (Å²) in [6, 6.07) is 8.23. The molecule has 0 aliphatic carbocycles. The number of aryl methyl sites for hydroxylation is 3. The number of piperazine rings is 1. The van der Waals surface area contributed by atoms with Gasteiger partial charge in [-0.3, -0.25) is 9.69 Å². The van der Waals surface area contributed by atoms with E-state index in [2.05, 4.69) is 38.1 Å². The lowest BCUT2D eigenvalue weighted by Crippen LogP contribution is -2.49. The summed E-state index contributed by atoms with van der Waals surface area (Å²) >= 11 is 1.70. The molecule has 2 aromatic heterocycles. The Morgan fingerprint density at radius 1 is 1.11 bits per heavy atom. The second-order valence-corrected chi connectivity index (χ2v) is 8.59. The molecule has 0 spiro atoms. The third kappa shape index (κ3) is 3.86. The summed E-state index contributed by atoms with van der Waals surface area (Å²) in [7, 11) is 0. The summed E-state index contributed by atoms with van der Waals surface area (Å²) in [5.41, 5.74) is 3.12. The minimum atomic E-state index is 0.0451. The fourth-order valence-corrected chi connectivity index (χ4v) is 4.57. The highest BCUT2D eigenvalue weighted by molar-refractivity contribution is 7.18. The minimum Gasteiger partial charge on any atom is -0.353 e. The molecule has 4 rings (SSSR count).